The molecule has 4 aromatic rings. The van der Waals surface area contributed by atoms with Crippen LogP contribution in [0.2, 0.25) is 0 Å². The van der Waals surface area contributed by atoms with Gasteiger partial charge in [-0.3, -0.25) is 16.2 Å². The van der Waals surface area contributed by atoms with Gasteiger partial charge in [0, 0.05) is 24.4 Å². The maximum absolute atomic E-state index is 12.1. The van der Waals surface area contributed by atoms with Crippen LogP contribution in [-0.4, -0.2) is 41.9 Å². The molecule has 42 heavy (non-hydrogen) atoms. The van der Waals surface area contributed by atoms with Gasteiger partial charge in [0.2, 0.25) is 0 Å². The monoisotopic (exact) mass is 629 g/mol. The first-order chi connectivity index (χ1) is 20.3. The summed E-state index contributed by atoms with van der Waals surface area (Å²) in [6.07, 6.45) is -2.67. The number of ether oxygens (including phenoxy) is 1. The van der Waals surface area contributed by atoms with E-state index in [4.69, 9.17) is 21.0 Å². The van der Waals surface area contributed by atoms with E-state index in [1.807, 2.05) is 91.0 Å². The number of fused-ring (bicyclic) bond motifs is 1. The SMILES string of the molecule is COCC(=N)SCc1ccccc1.N=C(CF)SCc1ccccc1.N=C(SCc1ccc2ccccc2c1)C(F)F. The molecule has 0 heterocycles. The molecule has 4 rings (SSSR count). The summed E-state index contributed by atoms with van der Waals surface area (Å²) in [6, 6.07) is 33.7. The van der Waals surface area contributed by atoms with Crippen molar-refractivity contribution < 1.29 is 17.9 Å². The van der Waals surface area contributed by atoms with Gasteiger partial charge in [0.15, 0.2) is 0 Å². The Bertz CT molecular complexity index is 1380. The van der Waals surface area contributed by atoms with Crippen LogP contribution >= 0.6 is 35.3 Å². The van der Waals surface area contributed by atoms with Crippen LogP contribution in [0.15, 0.2) is 103 Å². The van der Waals surface area contributed by atoms with Crippen molar-refractivity contribution in [2.45, 2.75) is 23.7 Å². The molecule has 0 aliphatic heterocycles. The number of methoxy groups -OCH3 is 1. The van der Waals surface area contributed by atoms with Gasteiger partial charge < -0.3 is 4.74 Å². The van der Waals surface area contributed by atoms with E-state index < -0.39 is 18.1 Å². The predicted octanol–water partition coefficient (Wildman–Crippen LogP) is 9.73. The molecule has 10 heteroatoms. The van der Waals surface area contributed by atoms with Crippen LogP contribution < -0.4 is 0 Å². The molecule has 0 aliphatic rings. The molecule has 0 aliphatic carbocycles. The van der Waals surface area contributed by atoms with Crippen LogP contribution in [0.3, 0.4) is 0 Å². The highest BCUT2D eigenvalue weighted by atomic mass is 32.2. The summed E-state index contributed by atoms with van der Waals surface area (Å²) >= 11 is 3.63. The molecular weight excluding hydrogens is 596 g/mol. The molecule has 0 bridgehead atoms. The maximum atomic E-state index is 12.1. The van der Waals surface area contributed by atoms with E-state index >= 15 is 0 Å². The molecule has 0 spiro atoms. The lowest BCUT2D eigenvalue weighted by atomic mass is 10.1. The maximum Gasteiger partial charge on any atom is 0.285 e. The van der Waals surface area contributed by atoms with Crippen LogP contribution in [0.5, 0.6) is 0 Å². The number of hydrogen-bond donors (Lipinski definition) is 3. The minimum Gasteiger partial charge on any atom is -0.378 e. The van der Waals surface area contributed by atoms with E-state index in [-0.39, 0.29) is 5.04 Å². The van der Waals surface area contributed by atoms with Gasteiger partial charge in [0.25, 0.3) is 6.43 Å². The fraction of sp³-hybridized carbons (Fsp3) is 0.219. The zero-order valence-electron chi connectivity index (χ0n) is 23.2. The first-order valence-electron chi connectivity index (χ1n) is 12.8. The highest BCUT2D eigenvalue weighted by Gasteiger charge is 2.11. The third kappa shape index (κ3) is 14.7. The molecule has 4 nitrogen and oxygen atoms in total. The van der Waals surface area contributed by atoms with E-state index in [1.54, 1.807) is 7.11 Å². The Balaban J connectivity index is 0.000000225. The molecule has 0 saturated carbocycles. The lowest BCUT2D eigenvalue weighted by Crippen LogP contribution is -2.03. The molecule has 0 unspecified atom stereocenters. The molecular formula is C32H34F3N3OS3. The van der Waals surface area contributed by atoms with E-state index in [9.17, 15) is 13.2 Å². The zero-order chi connectivity index (χ0) is 30.6. The van der Waals surface area contributed by atoms with Gasteiger partial charge in [-0.2, -0.15) is 0 Å². The van der Waals surface area contributed by atoms with Crippen LogP contribution in [0.25, 0.3) is 10.8 Å². The summed E-state index contributed by atoms with van der Waals surface area (Å²) in [7, 11) is 1.61. The number of alkyl halides is 3. The first-order valence-corrected chi connectivity index (χ1v) is 15.8. The van der Waals surface area contributed by atoms with E-state index in [0.717, 1.165) is 39.4 Å². The van der Waals surface area contributed by atoms with Crippen molar-refractivity contribution in [2.75, 3.05) is 20.4 Å². The average molecular weight is 630 g/mol. The van der Waals surface area contributed by atoms with Crippen molar-refractivity contribution >= 4 is 61.2 Å². The number of thioether (sulfide) groups is 3. The van der Waals surface area contributed by atoms with Crippen molar-refractivity contribution in [2.24, 2.45) is 0 Å². The van der Waals surface area contributed by atoms with Gasteiger partial charge in [0.05, 0.1) is 16.7 Å². The highest BCUT2D eigenvalue weighted by molar-refractivity contribution is 8.13. The summed E-state index contributed by atoms with van der Waals surface area (Å²) in [5.41, 5.74) is 3.33. The number of benzene rings is 4. The molecule has 3 N–H and O–H groups in total. The Kier molecular flexibility index (Phi) is 17.4. The normalized spacial score (nSPS) is 10.3. The van der Waals surface area contributed by atoms with E-state index in [2.05, 4.69) is 12.1 Å². The number of hydrogen-bond acceptors (Lipinski definition) is 7. The highest BCUT2D eigenvalue weighted by Crippen LogP contribution is 2.21. The van der Waals surface area contributed by atoms with E-state index in [0.29, 0.717) is 23.2 Å². The fourth-order valence-electron chi connectivity index (χ4n) is 3.25. The second kappa shape index (κ2) is 20.8. The third-order valence-corrected chi connectivity index (χ3v) is 8.16. The first kappa shape index (κ1) is 35.1. The lowest BCUT2D eigenvalue weighted by molar-refractivity contribution is 0.228. The standard InChI is InChI=1S/C13H11F2NS.C10H13NOS.C9H10FNS/c14-12(15)13(16)17-8-9-5-6-10-3-1-2-4-11(10)7-9;1-12-7-10(11)13-8-9-5-3-2-4-6-9;10-6-9(11)12-7-8-4-2-1-3-5-8/h1-7,12,16H,8H2;2-6,11H,7-8H2,1H3;1-5,11H,6-7H2. The zero-order valence-corrected chi connectivity index (χ0v) is 25.6. The summed E-state index contributed by atoms with van der Waals surface area (Å²) in [4.78, 5) is 0. The van der Waals surface area contributed by atoms with Crippen molar-refractivity contribution in [3.8, 4) is 0 Å². The van der Waals surface area contributed by atoms with Crippen LogP contribution in [0.4, 0.5) is 13.2 Å². The van der Waals surface area contributed by atoms with Gasteiger partial charge in [-0.15, -0.1) is 35.3 Å². The number of halogens is 3. The summed E-state index contributed by atoms with van der Waals surface area (Å²) in [5, 5.41) is 23.9. The Morgan fingerprint density at radius 1 is 0.643 bits per heavy atom. The fourth-order valence-corrected chi connectivity index (χ4v) is 5.23. The lowest BCUT2D eigenvalue weighted by Gasteiger charge is -2.04. The third-order valence-electron chi connectivity index (χ3n) is 5.31. The molecule has 0 saturated heterocycles. The molecule has 0 atom stereocenters. The largest absolute Gasteiger partial charge is 0.378 e. The molecule has 0 aromatic heterocycles. The Labute approximate surface area is 258 Å². The van der Waals surface area contributed by atoms with Crippen molar-refractivity contribution in [1.82, 2.24) is 0 Å². The van der Waals surface area contributed by atoms with Crippen LogP contribution in [0, 0.1) is 16.2 Å². The molecule has 0 fully saturated rings. The summed E-state index contributed by atoms with van der Waals surface area (Å²) in [5.74, 6) is 1.95. The van der Waals surface area contributed by atoms with Gasteiger partial charge in [-0.05, 0) is 27.5 Å². The topological polar surface area (TPSA) is 80.8 Å². The summed E-state index contributed by atoms with van der Waals surface area (Å²) in [6.45, 7) is -0.241. The minimum absolute atomic E-state index is 0.0962. The van der Waals surface area contributed by atoms with Crippen LogP contribution in [0.1, 0.15) is 16.7 Å². The number of rotatable bonds is 10. The van der Waals surface area contributed by atoms with Gasteiger partial charge in [-0.1, -0.05) is 103 Å². The Morgan fingerprint density at radius 2 is 1.14 bits per heavy atom. The quantitative estimate of drug-likeness (QED) is 0.121. The molecule has 0 radical (unpaired) electrons. The van der Waals surface area contributed by atoms with Crippen LogP contribution in [-0.2, 0) is 22.0 Å². The average Bonchev–Trinajstić information content (AvgIpc) is 3.03. The predicted molar refractivity (Wildman–Crippen MR) is 178 cm³/mol. The van der Waals surface area contributed by atoms with Gasteiger partial charge >= 0.3 is 0 Å². The van der Waals surface area contributed by atoms with Crippen molar-refractivity contribution in [3.63, 3.8) is 0 Å². The van der Waals surface area contributed by atoms with Crippen molar-refractivity contribution in [1.29, 1.82) is 16.2 Å². The second-order valence-electron chi connectivity index (χ2n) is 8.60. The summed E-state index contributed by atoms with van der Waals surface area (Å²) < 4.78 is 41.0. The Hall–Kier alpha value is -3.05. The molecule has 4 aromatic carbocycles. The van der Waals surface area contributed by atoms with Crippen molar-refractivity contribution in [3.05, 3.63) is 120 Å². The molecule has 0 amide bonds. The smallest absolute Gasteiger partial charge is 0.285 e. The van der Waals surface area contributed by atoms with Gasteiger partial charge in [-0.25, -0.2) is 13.2 Å². The van der Waals surface area contributed by atoms with Gasteiger partial charge in [0.1, 0.15) is 11.7 Å². The minimum atomic E-state index is -2.67. The number of nitrogens with one attached hydrogen (secondary N) is 3. The second-order valence-corrected chi connectivity index (χ2v) is 11.8. The van der Waals surface area contributed by atoms with E-state index in [1.165, 1.54) is 29.1 Å². The molecule has 222 valence electrons. The Morgan fingerprint density at radius 3 is 1.67 bits per heavy atom.